The van der Waals surface area contributed by atoms with Gasteiger partial charge in [-0.1, -0.05) is 64.7 Å². The molecular formula is C18H34O4S. The molecule has 0 aromatic carbocycles. The van der Waals surface area contributed by atoms with Gasteiger partial charge < -0.3 is 9.62 Å². The second-order valence-electron chi connectivity index (χ2n) is 6.68. The topological polar surface area (TPSA) is 59.1 Å². The molecule has 0 aromatic heterocycles. The quantitative estimate of drug-likeness (QED) is 0.141. The second-order valence-corrected chi connectivity index (χ2v) is 7.34. The average molecular weight is 347 g/mol. The minimum Gasteiger partial charge on any atom is -0.368 e. The predicted octanol–water partition coefficient (Wildman–Crippen LogP) is 5.16. The van der Waals surface area contributed by atoms with Crippen LogP contribution < -0.4 is 0 Å². The van der Waals surface area contributed by atoms with Crippen LogP contribution in [0.15, 0.2) is 0 Å². The van der Waals surface area contributed by atoms with Crippen molar-refractivity contribution in [3.63, 3.8) is 0 Å². The molecule has 0 aromatic rings. The summed E-state index contributed by atoms with van der Waals surface area (Å²) >= 11 is 4.68. The number of thiol groups is 1. The molecule has 1 aliphatic heterocycles. The van der Waals surface area contributed by atoms with Crippen LogP contribution in [0.4, 0.5) is 0 Å². The van der Waals surface area contributed by atoms with Gasteiger partial charge in [-0.3, -0.25) is 0 Å². The first-order valence-electron chi connectivity index (χ1n) is 9.36. The summed E-state index contributed by atoms with van der Waals surface area (Å²) in [7, 11) is 0. The van der Waals surface area contributed by atoms with Gasteiger partial charge in [0.15, 0.2) is 0 Å². The Kier molecular flexibility index (Phi) is 11.8. The van der Waals surface area contributed by atoms with Crippen LogP contribution in [0.5, 0.6) is 0 Å². The van der Waals surface area contributed by atoms with Gasteiger partial charge in [-0.2, -0.15) is 17.9 Å². The van der Waals surface area contributed by atoms with Crippen LogP contribution in [0, 0.1) is 0 Å². The highest BCUT2D eigenvalue weighted by Gasteiger charge is 2.42. The fraction of sp³-hybridized carbons (Fsp3) is 0.944. The monoisotopic (exact) mass is 346 g/mol. The molecule has 1 saturated heterocycles. The van der Waals surface area contributed by atoms with Crippen molar-refractivity contribution in [1.82, 2.24) is 0 Å². The van der Waals surface area contributed by atoms with Gasteiger partial charge in [0.1, 0.15) is 0 Å². The van der Waals surface area contributed by atoms with Crippen molar-refractivity contribution in [3.05, 3.63) is 0 Å². The molecule has 1 rings (SSSR count). The Labute approximate surface area is 146 Å². The average Bonchev–Trinajstić information content (AvgIpc) is 3.33. The van der Waals surface area contributed by atoms with Crippen molar-refractivity contribution in [1.29, 1.82) is 0 Å². The van der Waals surface area contributed by atoms with E-state index >= 15 is 0 Å². The van der Waals surface area contributed by atoms with Crippen LogP contribution in [0.2, 0.25) is 0 Å². The van der Waals surface area contributed by atoms with Gasteiger partial charge in [0.2, 0.25) is 0 Å². The maximum atomic E-state index is 10.7. The zero-order valence-electron chi connectivity index (χ0n) is 14.5. The summed E-state index contributed by atoms with van der Waals surface area (Å²) in [6, 6.07) is 0. The van der Waals surface area contributed by atoms with Gasteiger partial charge in [-0.15, -0.1) is 0 Å². The van der Waals surface area contributed by atoms with E-state index in [1.807, 2.05) is 0 Å². The Hall–Kier alpha value is -0.260. The molecule has 1 N–H and O–H groups in total. The van der Waals surface area contributed by atoms with E-state index in [1.54, 1.807) is 0 Å². The molecule has 0 amide bonds. The van der Waals surface area contributed by atoms with E-state index in [2.05, 4.69) is 24.4 Å². The van der Waals surface area contributed by atoms with Gasteiger partial charge in [0.25, 0.3) is 0 Å². The summed E-state index contributed by atoms with van der Waals surface area (Å²) in [5, 5.41) is 8.49. The third-order valence-electron chi connectivity index (χ3n) is 4.58. The number of rotatable bonds is 15. The number of hydrogen-bond acceptors (Lipinski definition) is 5. The Bertz CT molecular complexity index is 311. The summed E-state index contributed by atoms with van der Waals surface area (Å²) < 4.78 is 5.77. The van der Waals surface area contributed by atoms with E-state index in [-0.39, 0.29) is 0 Å². The maximum absolute atomic E-state index is 10.7. The second kappa shape index (κ2) is 13.1. The molecule has 136 valence electrons. The lowest BCUT2D eigenvalue weighted by Crippen LogP contribution is -2.10. The molecule has 5 heteroatoms. The fourth-order valence-corrected chi connectivity index (χ4v) is 3.48. The molecule has 4 nitrogen and oxygen atoms in total. The van der Waals surface area contributed by atoms with Crippen molar-refractivity contribution in [2.24, 2.45) is 0 Å². The van der Waals surface area contributed by atoms with Gasteiger partial charge in [0.05, 0.1) is 12.2 Å². The van der Waals surface area contributed by atoms with Crippen molar-refractivity contribution in [2.75, 3.05) is 0 Å². The Morgan fingerprint density at radius 1 is 1.09 bits per heavy atom. The van der Waals surface area contributed by atoms with E-state index in [0.29, 0.717) is 23.9 Å². The highest BCUT2D eigenvalue weighted by molar-refractivity contribution is 7.81. The van der Waals surface area contributed by atoms with Gasteiger partial charge in [-0.05, 0) is 19.3 Å². The predicted molar refractivity (Wildman–Crippen MR) is 95.9 cm³/mol. The third-order valence-corrected chi connectivity index (χ3v) is 5.13. The van der Waals surface area contributed by atoms with Gasteiger partial charge in [-0.25, -0.2) is 4.79 Å². The summed E-state index contributed by atoms with van der Waals surface area (Å²) in [5.74, 6) is -0.541. The number of epoxide rings is 1. The lowest BCUT2D eigenvalue weighted by Gasteiger charge is -2.07. The molecule has 0 radical (unpaired) electrons. The molecule has 23 heavy (non-hydrogen) atoms. The highest BCUT2D eigenvalue weighted by Crippen LogP contribution is 2.34. The zero-order valence-corrected chi connectivity index (χ0v) is 15.4. The Morgan fingerprint density at radius 2 is 1.74 bits per heavy atom. The first kappa shape index (κ1) is 20.8. The van der Waals surface area contributed by atoms with Gasteiger partial charge in [0, 0.05) is 11.7 Å². The zero-order chi connectivity index (χ0) is 16.9. The van der Waals surface area contributed by atoms with E-state index < -0.39 is 5.97 Å². The van der Waals surface area contributed by atoms with E-state index in [9.17, 15) is 4.79 Å². The molecule has 0 bridgehead atoms. The Morgan fingerprint density at radius 3 is 2.48 bits per heavy atom. The van der Waals surface area contributed by atoms with Crippen molar-refractivity contribution in [3.8, 4) is 0 Å². The number of hydrogen-bond donors (Lipinski definition) is 2. The summed E-state index contributed by atoms with van der Waals surface area (Å²) in [6.45, 7) is 2.25. The van der Waals surface area contributed by atoms with Crippen LogP contribution in [0.3, 0.4) is 0 Å². The van der Waals surface area contributed by atoms with Crippen molar-refractivity contribution >= 4 is 18.6 Å². The summed E-state index contributed by atoms with van der Waals surface area (Å²) in [4.78, 5) is 14.4. The van der Waals surface area contributed by atoms with Crippen molar-refractivity contribution < 1.29 is 19.7 Å². The first-order chi connectivity index (χ1) is 11.2. The van der Waals surface area contributed by atoms with Crippen molar-refractivity contribution in [2.45, 2.75) is 108 Å². The third kappa shape index (κ3) is 10.3. The molecule has 0 spiro atoms. The van der Waals surface area contributed by atoms with E-state index in [4.69, 9.17) is 9.99 Å². The molecule has 0 saturated carbocycles. The molecule has 1 fully saturated rings. The SMILES string of the molecule is CCCCCCCCC1OC1C(S)CCCCCCC(=O)OO. The molecule has 1 heterocycles. The van der Waals surface area contributed by atoms with E-state index in [0.717, 1.165) is 32.1 Å². The number of carbonyl (C=O) groups excluding carboxylic acids is 1. The largest absolute Gasteiger partial charge is 0.368 e. The van der Waals surface area contributed by atoms with Crippen LogP contribution >= 0.6 is 12.6 Å². The summed E-state index contributed by atoms with van der Waals surface area (Å²) in [6.07, 6.45) is 15.4. The number of unbranched alkanes of at least 4 members (excludes halogenated alkanes) is 8. The molecule has 0 aliphatic carbocycles. The molecular weight excluding hydrogens is 312 g/mol. The maximum Gasteiger partial charge on any atom is 0.342 e. The van der Waals surface area contributed by atoms with Crippen LogP contribution in [0.1, 0.15) is 90.4 Å². The van der Waals surface area contributed by atoms with Crippen LogP contribution in [-0.4, -0.2) is 28.7 Å². The fourth-order valence-electron chi connectivity index (χ4n) is 3.04. The highest BCUT2D eigenvalue weighted by atomic mass is 32.1. The van der Waals surface area contributed by atoms with Gasteiger partial charge >= 0.3 is 5.97 Å². The number of carbonyl (C=O) groups is 1. The molecule has 3 atom stereocenters. The Balaban J connectivity index is 1.89. The lowest BCUT2D eigenvalue weighted by atomic mass is 10.0. The van der Waals surface area contributed by atoms with Crippen LogP contribution in [-0.2, 0) is 14.4 Å². The standard InChI is InChI=1S/C18H34O4S/c1-2-3-4-5-6-9-12-15-18(21-15)16(23)13-10-7-8-11-14-17(19)22-20/h15-16,18,20,23H,2-14H2,1H3. The first-order valence-corrected chi connectivity index (χ1v) is 9.88. The summed E-state index contributed by atoms with van der Waals surface area (Å²) in [5.41, 5.74) is 0. The molecule has 1 aliphatic rings. The smallest absolute Gasteiger partial charge is 0.342 e. The lowest BCUT2D eigenvalue weighted by molar-refractivity contribution is -0.234. The minimum absolute atomic E-state index is 0.298. The molecule has 3 unspecified atom stereocenters. The number of ether oxygens (including phenoxy) is 1. The van der Waals surface area contributed by atoms with Crippen LogP contribution in [0.25, 0.3) is 0 Å². The normalized spacial score (nSPS) is 21.2. The van der Waals surface area contributed by atoms with E-state index in [1.165, 1.54) is 44.9 Å². The minimum atomic E-state index is -0.541.